The van der Waals surface area contributed by atoms with Gasteiger partial charge in [-0.25, -0.2) is 0 Å². The van der Waals surface area contributed by atoms with Gasteiger partial charge in [-0.15, -0.1) is 0 Å². The fourth-order valence-corrected chi connectivity index (χ4v) is 8.30. The first-order chi connectivity index (χ1) is 11.9. The summed E-state index contributed by atoms with van der Waals surface area (Å²) in [6, 6.07) is 0. The molecular weight excluding hydrogens is 328 g/mol. The number of aliphatic hydroxyl groups is 1. The summed E-state index contributed by atoms with van der Waals surface area (Å²) < 4.78 is 18.6. The monoisotopic (exact) mass is 364 g/mol. The molecule has 7 atom stereocenters. The van der Waals surface area contributed by atoms with E-state index in [1.807, 2.05) is 6.92 Å². The summed E-state index contributed by atoms with van der Waals surface area (Å²) in [4.78, 5) is 0. The molecular formula is C22H36O4. The van der Waals surface area contributed by atoms with Crippen LogP contribution in [0.15, 0.2) is 0 Å². The van der Waals surface area contributed by atoms with E-state index < -0.39 is 11.4 Å². The maximum Gasteiger partial charge on any atom is 0.173 e. The first kappa shape index (κ1) is 17.9. The second kappa shape index (κ2) is 4.69. The molecule has 148 valence electrons. The van der Waals surface area contributed by atoms with Gasteiger partial charge in [0.15, 0.2) is 5.79 Å². The Morgan fingerprint density at radius 3 is 2.15 bits per heavy atom. The molecule has 5 rings (SSSR count). The normalized spacial score (nSPS) is 59.4. The van der Waals surface area contributed by atoms with Gasteiger partial charge in [0.2, 0.25) is 0 Å². The molecule has 0 radical (unpaired) electrons. The van der Waals surface area contributed by atoms with Crippen molar-refractivity contribution in [3.63, 3.8) is 0 Å². The van der Waals surface area contributed by atoms with Crippen molar-refractivity contribution in [1.82, 2.24) is 0 Å². The highest BCUT2D eigenvalue weighted by atomic mass is 16.7. The molecule has 2 aliphatic heterocycles. The van der Waals surface area contributed by atoms with Crippen molar-refractivity contribution in [2.45, 2.75) is 96.7 Å². The molecule has 4 nitrogen and oxygen atoms in total. The molecule has 5 aliphatic rings. The molecule has 3 aliphatic carbocycles. The van der Waals surface area contributed by atoms with Crippen LogP contribution in [0, 0.1) is 28.1 Å². The van der Waals surface area contributed by atoms with E-state index in [1.54, 1.807) is 0 Å². The van der Waals surface area contributed by atoms with Crippen LogP contribution in [-0.4, -0.2) is 41.4 Å². The number of hydrogen-bond donors (Lipinski definition) is 1. The molecule has 0 aromatic rings. The van der Waals surface area contributed by atoms with Crippen molar-refractivity contribution in [2.24, 2.45) is 28.1 Å². The minimum absolute atomic E-state index is 0.0190. The maximum absolute atomic E-state index is 11.7. The second-order valence-corrected chi connectivity index (χ2v) is 11.3. The third kappa shape index (κ3) is 1.69. The topological polar surface area (TPSA) is 51.2 Å². The summed E-state index contributed by atoms with van der Waals surface area (Å²) in [5.41, 5.74) is -1.06. The van der Waals surface area contributed by atoms with E-state index in [2.05, 4.69) is 34.6 Å². The maximum atomic E-state index is 11.7. The van der Waals surface area contributed by atoms with E-state index in [0.717, 1.165) is 45.3 Å². The average Bonchev–Trinajstić information content (AvgIpc) is 3.02. The van der Waals surface area contributed by atoms with Gasteiger partial charge in [-0.1, -0.05) is 27.7 Å². The van der Waals surface area contributed by atoms with Crippen molar-refractivity contribution >= 4 is 0 Å². The lowest BCUT2D eigenvalue weighted by molar-refractivity contribution is -0.313. The van der Waals surface area contributed by atoms with Crippen LogP contribution in [0.3, 0.4) is 0 Å². The standard InChI is InChI=1S/C22H36O4/c1-17(2)14-7-8-19(4)15(13-16-20(5,26-16)21(19,6)23)18(14,3)9-10-22(17)24-11-12-25-22/h14-16,23H,7-13H2,1-6H3/t14-,15+,16-,18-,19+,20-,21-/m0/s1. The number of hydrogen-bond acceptors (Lipinski definition) is 4. The van der Waals surface area contributed by atoms with Crippen LogP contribution in [0.25, 0.3) is 0 Å². The van der Waals surface area contributed by atoms with E-state index >= 15 is 0 Å². The highest BCUT2D eigenvalue weighted by Crippen LogP contribution is 2.75. The molecule has 1 N–H and O–H groups in total. The van der Waals surface area contributed by atoms with Gasteiger partial charge in [0.25, 0.3) is 0 Å². The minimum atomic E-state index is -0.777. The predicted molar refractivity (Wildman–Crippen MR) is 98.6 cm³/mol. The number of fused-ring (bicyclic) bond motifs is 4. The average molecular weight is 365 g/mol. The summed E-state index contributed by atoms with van der Waals surface area (Å²) in [5.74, 6) is 0.605. The van der Waals surface area contributed by atoms with Crippen molar-refractivity contribution in [3.8, 4) is 0 Å². The van der Waals surface area contributed by atoms with Gasteiger partial charge < -0.3 is 19.3 Å². The zero-order valence-corrected chi connectivity index (χ0v) is 17.4. The van der Waals surface area contributed by atoms with Crippen LogP contribution in [0.5, 0.6) is 0 Å². The van der Waals surface area contributed by atoms with Crippen LogP contribution in [0.2, 0.25) is 0 Å². The van der Waals surface area contributed by atoms with Crippen LogP contribution >= 0.6 is 0 Å². The molecule has 0 unspecified atom stereocenters. The van der Waals surface area contributed by atoms with E-state index in [-0.39, 0.29) is 27.9 Å². The Kier molecular flexibility index (Phi) is 3.23. The van der Waals surface area contributed by atoms with Crippen LogP contribution in [0.4, 0.5) is 0 Å². The minimum Gasteiger partial charge on any atom is -0.386 e. The second-order valence-electron chi connectivity index (χ2n) is 11.3. The highest BCUT2D eigenvalue weighted by Gasteiger charge is 2.79. The van der Waals surface area contributed by atoms with E-state index in [4.69, 9.17) is 14.2 Å². The molecule has 0 aromatic carbocycles. The molecule has 4 heteroatoms. The van der Waals surface area contributed by atoms with Gasteiger partial charge in [-0.05, 0) is 56.8 Å². The molecule has 0 amide bonds. The lowest BCUT2D eigenvalue weighted by Gasteiger charge is -2.69. The summed E-state index contributed by atoms with van der Waals surface area (Å²) in [7, 11) is 0. The number of rotatable bonds is 0. The van der Waals surface area contributed by atoms with Crippen molar-refractivity contribution in [3.05, 3.63) is 0 Å². The Morgan fingerprint density at radius 1 is 0.846 bits per heavy atom. The van der Waals surface area contributed by atoms with E-state index in [1.165, 1.54) is 0 Å². The smallest absolute Gasteiger partial charge is 0.173 e. The molecule has 3 saturated carbocycles. The van der Waals surface area contributed by atoms with Gasteiger partial charge in [0.05, 0.1) is 24.9 Å². The van der Waals surface area contributed by atoms with E-state index in [9.17, 15) is 5.11 Å². The fraction of sp³-hybridized carbons (Fsp3) is 1.00. The molecule has 1 spiro atoms. The van der Waals surface area contributed by atoms with Crippen LogP contribution in [0.1, 0.15) is 73.6 Å². The Hall–Kier alpha value is -0.160. The Morgan fingerprint density at radius 2 is 1.50 bits per heavy atom. The molecule has 2 saturated heterocycles. The third-order valence-corrected chi connectivity index (χ3v) is 10.4. The van der Waals surface area contributed by atoms with Crippen molar-refractivity contribution < 1.29 is 19.3 Å². The van der Waals surface area contributed by atoms with Crippen molar-refractivity contribution in [2.75, 3.05) is 13.2 Å². The molecule has 26 heavy (non-hydrogen) atoms. The highest BCUT2D eigenvalue weighted by molar-refractivity contribution is 5.27. The van der Waals surface area contributed by atoms with Crippen LogP contribution in [-0.2, 0) is 14.2 Å². The molecule has 0 aromatic heterocycles. The summed E-state index contributed by atoms with van der Waals surface area (Å²) in [6.07, 6.45) is 5.55. The Bertz CT molecular complexity index is 636. The Labute approximate surface area is 158 Å². The molecule has 2 heterocycles. The summed E-state index contributed by atoms with van der Waals surface area (Å²) in [6.45, 7) is 15.2. The molecule has 0 bridgehead atoms. The number of epoxide rings is 1. The Balaban J connectivity index is 1.57. The summed E-state index contributed by atoms with van der Waals surface area (Å²) in [5, 5.41) is 11.7. The first-order valence-corrected chi connectivity index (χ1v) is 10.6. The zero-order chi connectivity index (χ0) is 18.8. The van der Waals surface area contributed by atoms with Gasteiger partial charge in [0, 0.05) is 17.3 Å². The van der Waals surface area contributed by atoms with Gasteiger partial charge in [0.1, 0.15) is 5.60 Å². The predicted octanol–water partition coefficient (Wildman–Crippen LogP) is 3.90. The largest absolute Gasteiger partial charge is 0.386 e. The number of ether oxygens (including phenoxy) is 3. The van der Waals surface area contributed by atoms with Crippen LogP contribution < -0.4 is 0 Å². The first-order valence-electron chi connectivity index (χ1n) is 10.6. The SMILES string of the molecule is CC1(C)[C@@H]2CC[C@]3(C)[C@H](C[C@@H]4O[C@]4(C)[C@@]3(C)O)[C@@]2(C)CCC12OCCO2. The van der Waals surface area contributed by atoms with Gasteiger partial charge in [-0.2, -0.15) is 0 Å². The van der Waals surface area contributed by atoms with E-state index in [0.29, 0.717) is 11.8 Å². The lowest BCUT2D eigenvalue weighted by Crippen LogP contribution is -2.70. The fourth-order valence-electron chi connectivity index (χ4n) is 8.30. The summed E-state index contributed by atoms with van der Waals surface area (Å²) >= 11 is 0. The van der Waals surface area contributed by atoms with Gasteiger partial charge >= 0.3 is 0 Å². The third-order valence-electron chi connectivity index (χ3n) is 10.4. The zero-order valence-electron chi connectivity index (χ0n) is 17.4. The lowest BCUT2D eigenvalue weighted by atomic mass is 9.37. The van der Waals surface area contributed by atoms with Gasteiger partial charge in [-0.3, -0.25) is 0 Å². The molecule has 5 fully saturated rings. The quantitative estimate of drug-likeness (QED) is 0.662. The van der Waals surface area contributed by atoms with Crippen molar-refractivity contribution in [1.29, 1.82) is 0 Å².